The monoisotopic (exact) mass is 564 g/mol. The van der Waals surface area contributed by atoms with Gasteiger partial charge >= 0.3 is 11.9 Å². The zero-order valence-corrected chi connectivity index (χ0v) is 24.6. The lowest BCUT2D eigenvalue weighted by atomic mass is 9.57. The number of hydrogen-bond donors (Lipinski definition) is 4. The highest BCUT2D eigenvalue weighted by atomic mass is 16.7. The Bertz CT molecular complexity index is 1160. The third-order valence-electron chi connectivity index (χ3n) is 11.5. The molecule has 0 amide bonds. The smallest absolute Gasteiger partial charge is 0.309 e. The van der Waals surface area contributed by atoms with Crippen molar-refractivity contribution in [1.29, 1.82) is 0 Å². The number of aliphatic hydroxyl groups excluding tert-OH is 2. The van der Waals surface area contributed by atoms with Gasteiger partial charge in [0.15, 0.2) is 17.0 Å². The molecule has 4 aliphatic carbocycles. The lowest BCUT2D eigenvalue weighted by Crippen LogP contribution is -2.69. The van der Waals surface area contributed by atoms with E-state index < -0.39 is 106 Å². The van der Waals surface area contributed by atoms with E-state index in [9.17, 15) is 34.8 Å². The van der Waals surface area contributed by atoms with Crippen molar-refractivity contribution in [3.63, 3.8) is 0 Å². The van der Waals surface area contributed by atoms with Crippen LogP contribution in [0.4, 0.5) is 0 Å². The number of rotatable bonds is 7. The van der Waals surface area contributed by atoms with Gasteiger partial charge in [-0.2, -0.15) is 0 Å². The van der Waals surface area contributed by atoms with E-state index >= 15 is 0 Å². The van der Waals surface area contributed by atoms with Crippen molar-refractivity contribution in [2.45, 2.75) is 109 Å². The minimum atomic E-state index is -2.25. The van der Waals surface area contributed by atoms with Crippen molar-refractivity contribution in [2.24, 2.45) is 40.9 Å². The van der Waals surface area contributed by atoms with Crippen LogP contribution in [0.2, 0.25) is 0 Å². The Morgan fingerprint density at radius 2 is 1.68 bits per heavy atom. The van der Waals surface area contributed by atoms with Crippen LogP contribution >= 0.6 is 0 Å². The summed E-state index contributed by atoms with van der Waals surface area (Å²) in [6, 6.07) is 0. The topological polar surface area (TPSA) is 163 Å². The molecule has 1 aliphatic heterocycles. The van der Waals surface area contributed by atoms with E-state index in [0.717, 1.165) is 0 Å². The van der Waals surface area contributed by atoms with E-state index in [1.807, 2.05) is 27.7 Å². The van der Waals surface area contributed by atoms with Gasteiger partial charge in [0.1, 0.15) is 17.8 Å². The maximum atomic E-state index is 13.4. The largest absolute Gasteiger partial charge is 0.457 e. The number of fused-ring (bicyclic) bond motifs is 7. The summed E-state index contributed by atoms with van der Waals surface area (Å²) in [6.07, 6.45) is -1.37. The molecule has 3 saturated carbocycles. The second-order valence-corrected chi connectivity index (χ2v) is 13.6. The van der Waals surface area contributed by atoms with E-state index in [1.54, 1.807) is 27.7 Å². The maximum absolute atomic E-state index is 13.4. The molecule has 0 aromatic rings. The summed E-state index contributed by atoms with van der Waals surface area (Å²) < 4.78 is 18.3. The second kappa shape index (κ2) is 8.83. The van der Waals surface area contributed by atoms with Crippen LogP contribution in [0.25, 0.3) is 0 Å². The summed E-state index contributed by atoms with van der Waals surface area (Å²) in [4.78, 5) is 40.0. The molecule has 0 aromatic carbocycles. The number of carbonyl (C=O) groups excluding carboxylic acids is 3. The minimum absolute atomic E-state index is 0.230. The van der Waals surface area contributed by atoms with Gasteiger partial charge in [0.2, 0.25) is 0 Å². The molecule has 10 nitrogen and oxygen atoms in total. The fourth-order valence-corrected chi connectivity index (χ4v) is 8.52. The number of aliphatic hydroxyl groups is 4. The molecule has 5 rings (SSSR count). The molecule has 0 aromatic heterocycles. The van der Waals surface area contributed by atoms with Gasteiger partial charge in [-0.05, 0) is 25.3 Å². The quantitative estimate of drug-likeness (QED) is 0.262. The SMILES string of the molecule is CCC(C)C(=O)OC1[C@@H](C)C2(O)[C@@H]3C=C(C)C(=O)C3(O)C3OC3(CO)C(O)[C@H]2[C@H]2C(C)(C)C12OC(=O)C(C)CC. The number of esters is 2. The van der Waals surface area contributed by atoms with Crippen LogP contribution < -0.4 is 0 Å². The number of hydrogen-bond acceptors (Lipinski definition) is 10. The van der Waals surface area contributed by atoms with Crippen molar-refractivity contribution < 1.29 is 49.0 Å². The van der Waals surface area contributed by atoms with Crippen LogP contribution in [0, 0.1) is 40.9 Å². The molecule has 224 valence electrons. The predicted molar refractivity (Wildman–Crippen MR) is 140 cm³/mol. The average molecular weight is 565 g/mol. The van der Waals surface area contributed by atoms with Crippen LogP contribution in [0.5, 0.6) is 0 Å². The van der Waals surface area contributed by atoms with Gasteiger partial charge in [-0.15, -0.1) is 0 Å². The van der Waals surface area contributed by atoms with Crippen molar-refractivity contribution in [2.75, 3.05) is 6.61 Å². The molecule has 0 radical (unpaired) electrons. The normalized spacial score (nSPS) is 49.2. The van der Waals surface area contributed by atoms with Gasteiger partial charge < -0.3 is 34.6 Å². The molecule has 0 bridgehead atoms. The van der Waals surface area contributed by atoms with Crippen molar-refractivity contribution >= 4 is 17.7 Å². The predicted octanol–water partition coefficient (Wildman–Crippen LogP) is 1.31. The van der Waals surface area contributed by atoms with Crippen molar-refractivity contribution in [1.82, 2.24) is 0 Å². The van der Waals surface area contributed by atoms with Crippen LogP contribution in [0.1, 0.15) is 68.2 Å². The number of ketones is 1. The Balaban J connectivity index is 1.73. The first-order valence-corrected chi connectivity index (χ1v) is 14.6. The molecule has 9 unspecified atom stereocenters. The number of carbonyl (C=O) groups is 3. The summed E-state index contributed by atoms with van der Waals surface area (Å²) in [5.74, 6) is -6.64. The molecule has 10 heteroatoms. The third kappa shape index (κ3) is 3.20. The Morgan fingerprint density at radius 3 is 2.23 bits per heavy atom. The Hall–Kier alpha value is -1.85. The first kappa shape index (κ1) is 29.6. The number of epoxide rings is 1. The second-order valence-electron chi connectivity index (χ2n) is 13.6. The molecule has 40 heavy (non-hydrogen) atoms. The molecule has 0 spiro atoms. The maximum Gasteiger partial charge on any atom is 0.309 e. The summed E-state index contributed by atoms with van der Waals surface area (Å²) >= 11 is 0. The zero-order chi connectivity index (χ0) is 30.0. The molecule has 5 aliphatic rings. The van der Waals surface area contributed by atoms with Crippen LogP contribution in [-0.2, 0) is 28.6 Å². The zero-order valence-electron chi connectivity index (χ0n) is 24.6. The highest BCUT2D eigenvalue weighted by molar-refractivity contribution is 6.05. The van der Waals surface area contributed by atoms with E-state index in [1.165, 1.54) is 6.08 Å². The molecule has 1 heterocycles. The number of ether oxygens (including phenoxy) is 3. The van der Waals surface area contributed by atoms with Gasteiger partial charge in [0, 0.05) is 29.1 Å². The minimum Gasteiger partial charge on any atom is -0.457 e. The van der Waals surface area contributed by atoms with Crippen LogP contribution in [0.3, 0.4) is 0 Å². The first-order valence-electron chi connectivity index (χ1n) is 14.6. The molecule has 1 saturated heterocycles. The third-order valence-corrected chi connectivity index (χ3v) is 11.5. The summed E-state index contributed by atoms with van der Waals surface area (Å²) in [5, 5.41) is 47.3. The number of Topliss-reactive ketones (excluding diaryl/α,β-unsaturated/α-hetero) is 1. The van der Waals surface area contributed by atoms with Gasteiger partial charge in [-0.25, -0.2) is 0 Å². The van der Waals surface area contributed by atoms with Crippen molar-refractivity contribution in [3.8, 4) is 0 Å². The van der Waals surface area contributed by atoms with Crippen LogP contribution in [-0.4, -0.2) is 85.5 Å². The highest BCUT2D eigenvalue weighted by Gasteiger charge is 2.93. The van der Waals surface area contributed by atoms with E-state index in [4.69, 9.17) is 14.2 Å². The van der Waals surface area contributed by atoms with Gasteiger partial charge in [-0.1, -0.05) is 54.5 Å². The van der Waals surface area contributed by atoms with Crippen molar-refractivity contribution in [3.05, 3.63) is 11.6 Å². The van der Waals surface area contributed by atoms with E-state index in [0.29, 0.717) is 12.8 Å². The Kier molecular flexibility index (Phi) is 6.54. The van der Waals surface area contributed by atoms with E-state index in [2.05, 4.69) is 0 Å². The molecular formula is C30H44O10. The Labute approximate surface area is 235 Å². The van der Waals surface area contributed by atoms with Gasteiger partial charge in [0.05, 0.1) is 30.1 Å². The first-order chi connectivity index (χ1) is 18.5. The fourth-order valence-electron chi connectivity index (χ4n) is 8.52. The standard InChI is InChI=1S/C30H44O10/c1-9-13(3)23(34)38-22-16(6)28(36)17-11-15(5)20(32)29(17,37)25-27(12-31,40-25)21(33)18(28)19-26(7,8)30(19,22)39-24(35)14(4)10-2/h11,13-14,16-19,21-22,25,31,33,36-37H,9-10,12H2,1-8H3/t13?,14?,16-,17+,18-,19+,21?,22?,25?,27?,28?,29?,30?/m1/s1. The molecule has 4 fully saturated rings. The Morgan fingerprint density at radius 1 is 1.10 bits per heavy atom. The van der Waals surface area contributed by atoms with Gasteiger partial charge in [-0.3, -0.25) is 14.4 Å². The lowest BCUT2D eigenvalue weighted by molar-refractivity contribution is -0.252. The van der Waals surface area contributed by atoms with Gasteiger partial charge in [0.25, 0.3) is 0 Å². The average Bonchev–Trinajstić information content (AvgIpc) is 3.76. The summed E-state index contributed by atoms with van der Waals surface area (Å²) in [7, 11) is 0. The lowest BCUT2D eigenvalue weighted by Gasteiger charge is -2.54. The highest BCUT2D eigenvalue weighted by Crippen LogP contribution is 2.79. The van der Waals surface area contributed by atoms with E-state index in [-0.39, 0.29) is 5.57 Å². The molecule has 4 N–H and O–H groups in total. The fraction of sp³-hybridized carbons (Fsp3) is 0.833. The molecular weight excluding hydrogens is 520 g/mol. The summed E-state index contributed by atoms with van der Waals surface area (Å²) in [5.41, 5.74) is -8.00. The van der Waals surface area contributed by atoms with Crippen LogP contribution in [0.15, 0.2) is 11.6 Å². The molecule has 13 atom stereocenters. The summed E-state index contributed by atoms with van der Waals surface area (Å²) in [6.45, 7) is 13.4.